The van der Waals surface area contributed by atoms with Crippen molar-refractivity contribution in [3.05, 3.63) is 65.9 Å². The second-order valence-corrected chi connectivity index (χ2v) is 6.87. The van der Waals surface area contributed by atoms with Gasteiger partial charge in [0.25, 0.3) is 0 Å². The van der Waals surface area contributed by atoms with Crippen molar-refractivity contribution >= 4 is 17.3 Å². The molecule has 5 rings (SSSR count). The predicted molar refractivity (Wildman–Crippen MR) is 98.2 cm³/mol. The average Bonchev–Trinajstić information content (AvgIpc) is 3.44. The van der Waals surface area contributed by atoms with E-state index in [0.717, 1.165) is 22.9 Å². The molecule has 142 valence electrons. The van der Waals surface area contributed by atoms with E-state index < -0.39 is 17.5 Å². The molecule has 28 heavy (non-hydrogen) atoms. The van der Waals surface area contributed by atoms with E-state index >= 15 is 0 Å². The number of ether oxygens (including phenoxy) is 1. The van der Waals surface area contributed by atoms with Crippen molar-refractivity contribution in [3.63, 3.8) is 0 Å². The number of halogens is 3. The number of alkyl halides is 3. The molecule has 0 aliphatic carbocycles. The van der Waals surface area contributed by atoms with Crippen LogP contribution in [0.15, 0.2) is 54.7 Å². The van der Waals surface area contributed by atoms with Gasteiger partial charge in [0.1, 0.15) is 0 Å². The highest BCUT2D eigenvalue weighted by Gasteiger charge is 2.47. The van der Waals surface area contributed by atoms with Crippen LogP contribution in [0.25, 0.3) is 11.3 Å². The molecule has 1 fully saturated rings. The molecular formula is C20H15F3N4O. The number of rotatable bonds is 2. The standard InChI is InChI=1S/C20H15F3N4O/c21-20(22,23)14-6-2-4-8-16(14)25-18-24-10-12-9-19(11-28-19)27-15-7-3-1-5-13(15)17(12)26-18/h1-8,10,27H,9,11H2,(H,24,25,26). The molecule has 3 heterocycles. The second kappa shape index (κ2) is 5.93. The Balaban J connectivity index is 1.57. The van der Waals surface area contributed by atoms with Crippen LogP contribution in [0, 0.1) is 0 Å². The van der Waals surface area contributed by atoms with Crippen molar-refractivity contribution in [2.45, 2.75) is 18.3 Å². The minimum Gasteiger partial charge on any atom is -0.355 e. The Kier molecular flexibility index (Phi) is 3.60. The Morgan fingerprint density at radius 3 is 2.61 bits per heavy atom. The molecule has 2 N–H and O–H groups in total. The first-order valence-corrected chi connectivity index (χ1v) is 8.74. The Labute approximate surface area is 158 Å². The fourth-order valence-electron chi connectivity index (χ4n) is 3.45. The van der Waals surface area contributed by atoms with Crippen LogP contribution in [0.3, 0.4) is 0 Å². The third-order valence-electron chi connectivity index (χ3n) is 4.86. The van der Waals surface area contributed by atoms with E-state index in [9.17, 15) is 13.2 Å². The number of aromatic nitrogens is 2. The molecule has 0 saturated carbocycles. The topological polar surface area (TPSA) is 62.4 Å². The summed E-state index contributed by atoms with van der Waals surface area (Å²) in [5.74, 6) is 0.109. The van der Waals surface area contributed by atoms with Gasteiger partial charge in [-0.05, 0) is 18.2 Å². The average molecular weight is 384 g/mol. The predicted octanol–water partition coefficient (Wildman–Crippen LogP) is 4.60. The van der Waals surface area contributed by atoms with Gasteiger partial charge in [0.05, 0.1) is 23.6 Å². The first kappa shape index (κ1) is 17.0. The fraction of sp³-hybridized carbons (Fsp3) is 0.200. The van der Waals surface area contributed by atoms with Crippen molar-refractivity contribution in [2.24, 2.45) is 0 Å². The molecule has 2 aromatic carbocycles. The van der Waals surface area contributed by atoms with Crippen molar-refractivity contribution in [3.8, 4) is 11.3 Å². The summed E-state index contributed by atoms with van der Waals surface area (Å²) in [6.07, 6.45) is -2.24. The SMILES string of the molecule is FC(F)(F)c1ccccc1Nc1ncc2c(n1)-c1ccccc1NC1(CO1)C2. The lowest BCUT2D eigenvalue weighted by atomic mass is 10.0. The molecule has 1 saturated heterocycles. The molecule has 0 amide bonds. The zero-order chi connectivity index (χ0) is 19.4. The van der Waals surface area contributed by atoms with Crippen LogP contribution in [0.5, 0.6) is 0 Å². The maximum absolute atomic E-state index is 13.3. The number of epoxide rings is 1. The minimum absolute atomic E-state index is 0.0861. The Morgan fingerprint density at radius 2 is 1.82 bits per heavy atom. The molecule has 1 spiro atoms. The molecule has 2 aliphatic heterocycles. The third-order valence-corrected chi connectivity index (χ3v) is 4.86. The van der Waals surface area contributed by atoms with Gasteiger partial charge in [0.2, 0.25) is 5.95 Å². The lowest BCUT2D eigenvalue weighted by Gasteiger charge is -2.14. The second-order valence-electron chi connectivity index (χ2n) is 6.87. The van der Waals surface area contributed by atoms with Gasteiger partial charge in [0, 0.05) is 29.4 Å². The van der Waals surface area contributed by atoms with Gasteiger partial charge < -0.3 is 15.4 Å². The van der Waals surface area contributed by atoms with E-state index in [2.05, 4.69) is 20.6 Å². The van der Waals surface area contributed by atoms with E-state index in [4.69, 9.17) is 4.74 Å². The van der Waals surface area contributed by atoms with Gasteiger partial charge in [-0.2, -0.15) is 13.2 Å². The number of para-hydroxylation sites is 2. The molecule has 0 radical (unpaired) electrons. The Bertz CT molecular complexity index is 1060. The zero-order valence-corrected chi connectivity index (χ0v) is 14.5. The molecule has 1 atom stereocenters. The minimum atomic E-state index is -4.47. The van der Waals surface area contributed by atoms with Gasteiger partial charge in [-0.1, -0.05) is 30.3 Å². The highest BCUT2D eigenvalue weighted by atomic mass is 19.4. The quantitative estimate of drug-likeness (QED) is 0.633. The smallest absolute Gasteiger partial charge is 0.355 e. The van der Waals surface area contributed by atoms with Crippen LogP contribution < -0.4 is 10.6 Å². The van der Waals surface area contributed by atoms with Gasteiger partial charge in [-0.25, -0.2) is 9.97 Å². The Hall–Kier alpha value is -3.13. The first-order chi connectivity index (χ1) is 13.4. The monoisotopic (exact) mass is 384 g/mol. The molecule has 0 bridgehead atoms. The molecular weight excluding hydrogens is 369 g/mol. The van der Waals surface area contributed by atoms with E-state index in [1.807, 2.05) is 24.3 Å². The number of benzene rings is 2. The highest BCUT2D eigenvalue weighted by Crippen LogP contribution is 2.42. The fourth-order valence-corrected chi connectivity index (χ4v) is 3.45. The maximum Gasteiger partial charge on any atom is 0.418 e. The summed E-state index contributed by atoms with van der Waals surface area (Å²) < 4.78 is 45.4. The van der Waals surface area contributed by atoms with Crippen molar-refractivity contribution in [2.75, 3.05) is 17.2 Å². The molecule has 1 aromatic heterocycles. The van der Waals surface area contributed by atoms with Gasteiger partial charge in [0.15, 0.2) is 5.72 Å². The highest BCUT2D eigenvalue weighted by molar-refractivity contribution is 5.80. The van der Waals surface area contributed by atoms with Crippen LogP contribution in [0.2, 0.25) is 0 Å². The molecule has 5 nitrogen and oxygen atoms in total. The Morgan fingerprint density at radius 1 is 1.07 bits per heavy atom. The summed E-state index contributed by atoms with van der Waals surface area (Å²) in [4.78, 5) is 8.79. The summed E-state index contributed by atoms with van der Waals surface area (Å²) in [5, 5.41) is 6.12. The van der Waals surface area contributed by atoms with Crippen molar-refractivity contribution < 1.29 is 17.9 Å². The molecule has 1 unspecified atom stereocenters. The normalized spacial score (nSPS) is 20.0. The van der Waals surface area contributed by atoms with Gasteiger partial charge >= 0.3 is 6.18 Å². The van der Waals surface area contributed by atoms with Crippen LogP contribution in [0.4, 0.5) is 30.5 Å². The van der Waals surface area contributed by atoms with E-state index in [-0.39, 0.29) is 11.6 Å². The molecule has 2 aliphatic rings. The summed E-state index contributed by atoms with van der Waals surface area (Å²) in [7, 11) is 0. The van der Waals surface area contributed by atoms with E-state index in [1.165, 1.54) is 18.2 Å². The number of hydrogen-bond donors (Lipinski definition) is 2. The summed E-state index contributed by atoms with van der Waals surface area (Å²) in [6, 6.07) is 12.9. The lowest BCUT2D eigenvalue weighted by molar-refractivity contribution is -0.136. The number of nitrogens with one attached hydrogen (secondary N) is 2. The lowest BCUT2D eigenvalue weighted by Crippen LogP contribution is -2.25. The number of anilines is 3. The third kappa shape index (κ3) is 2.95. The number of fused-ring (bicyclic) bond motifs is 3. The van der Waals surface area contributed by atoms with E-state index in [0.29, 0.717) is 18.7 Å². The van der Waals surface area contributed by atoms with Crippen LogP contribution in [-0.2, 0) is 17.3 Å². The maximum atomic E-state index is 13.3. The van der Waals surface area contributed by atoms with Gasteiger partial charge in [-0.15, -0.1) is 0 Å². The van der Waals surface area contributed by atoms with Crippen LogP contribution in [0.1, 0.15) is 11.1 Å². The molecule has 3 aromatic rings. The largest absolute Gasteiger partial charge is 0.418 e. The number of nitrogens with zero attached hydrogens (tertiary/aromatic N) is 2. The van der Waals surface area contributed by atoms with Crippen LogP contribution >= 0.6 is 0 Å². The molecule has 8 heteroatoms. The summed E-state index contributed by atoms with van der Waals surface area (Å²) >= 11 is 0. The summed E-state index contributed by atoms with van der Waals surface area (Å²) in [5.41, 5.74) is 1.99. The summed E-state index contributed by atoms with van der Waals surface area (Å²) in [6.45, 7) is 0.583. The number of hydrogen-bond acceptors (Lipinski definition) is 5. The first-order valence-electron chi connectivity index (χ1n) is 8.74. The van der Waals surface area contributed by atoms with Crippen molar-refractivity contribution in [1.29, 1.82) is 0 Å². The van der Waals surface area contributed by atoms with Crippen molar-refractivity contribution in [1.82, 2.24) is 9.97 Å². The van der Waals surface area contributed by atoms with Crippen LogP contribution in [-0.4, -0.2) is 22.3 Å². The zero-order valence-electron chi connectivity index (χ0n) is 14.5. The van der Waals surface area contributed by atoms with E-state index in [1.54, 1.807) is 6.20 Å². The van der Waals surface area contributed by atoms with Gasteiger partial charge in [-0.3, -0.25) is 0 Å².